The second-order valence-electron chi connectivity index (χ2n) is 12.2. The van der Waals surface area contributed by atoms with Crippen LogP contribution >= 0.6 is 0 Å². The first kappa shape index (κ1) is 25.4. The summed E-state index contributed by atoms with van der Waals surface area (Å²) in [5, 5.41) is 2.19. The molecule has 1 aromatic heterocycles. The van der Waals surface area contributed by atoms with Crippen molar-refractivity contribution < 1.29 is 5.48 Å². The van der Waals surface area contributed by atoms with Gasteiger partial charge in [0.1, 0.15) is 0 Å². The van der Waals surface area contributed by atoms with Crippen LogP contribution < -0.4 is 4.90 Å². The van der Waals surface area contributed by atoms with E-state index >= 15 is 0 Å². The third kappa shape index (κ3) is 5.24. The first-order valence-electron chi connectivity index (χ1n) is 18.8. The van der Waals surface area contributed by atoms with Gasteiger partial charge in [-0.25, -0.2) is 0 Å². The number of anilines is 3. The van der Waals surface area contributed by atoms with E-state index in [1.54, 1.807) is 0 Å². The molecule has 9 rings (SSSR count). The molecule has 236 valence electrons. The molecule has 0 aliphatic carbocycles. The van der Waals surface area contributed by atoms with E-state index in [1.165, 1.54) is 0 Å². The van der Waals surface area contributed by atoms with Gasteiger partial charge in [-0.15, -0.1) is 0 Å². The van der Waals surface area contributed by atoms with Gasteiger partial charge in [-0.05, 0) is 82.4 Å². The molecule has 0 radical (unpaired) electrons. The zero-order valence-electron chi connectivity index (χ0n) is 31.2. The third-order valence-electron chi connectivity index (χ3n) is 9.26. The zero-order valence-corrected chi connectivity index (χ0v) is 27.2. The van der Waals surface area contributed by atoms with Crippen molar-refractivity contribution in [2.45, 2.75) is 0 Å². The zero-order chi connectivity index (χ0) is 36.8. The fourth-order valence-corrected chi connectivity index (χ4v) is 7.01. The third-order valence-corrected chi connectivity index (χ3v) is 9.26. The molecule has 0 aliphatic heterocycles. The lowest BCUT2D eigenvalue weighted by molar-refractivity contribution is 1.18. The highest BCUT2D eigenvalue weighted by atomic mass is 15.1. The maximum absolute atomic E-state index is 9.55. The second kappa shape index (κ2) is 12.8. The molecule has 0 unspecified atom stereocenters. The minimum atomic E-state index is -0.117. The van der Waals surface area contributed by atoms with Crippen molar-refractivity contribution in [2.75, 3.05) is 4.90 Å². The minimum Gasteiger partial charge on any atom is -0.310 e. The van der Waals surface area contributed by atoms with Crippen LogP contribution in [0.2, 0.25) is 0 Å². The van der Waals surface area contributed by atoms with Crippen molar-refractivity contribution in [3.63, 3.8) is 0 Å². The van der Waals surface area contributed by atoms with Gasteiger partial charge in [0.05, 0.1) is 22.2 Å². The Morgan fingerprint density at radius 3 is 1.72 bits per heavy atom. The van der Waals surface area contributed by atoms with Gasteiger partial charge in [0.15, 0.2) is 0 Å². The summed E-state index contributed by atoms with van der Waals surface area (Å²) in [4.78, 5) is 1.91. The van der Waals surface area contributed by atoms with Crippen molar-refractivity contribution in [1.82, 2.24) is 4.57 Å². The molecule has 0 bridgehead atoms. The first-order valence-corrected chi connectivity index (χ1v) is 16.8. The average molecular weight is 643 g/mol. The lowest BCUT2D eigenvalue weighted by Gasteiger charge is -2.28. The Kier molecular flexibility index (Phi) is 6.48. The molecule has 9 aromatic rings. The van der Waals surface area contributed by atoms with Crippen LogP contribution in [0.25, 0.3) is 60.9 Å². The molecule has 8 aromatic carbocycles. The first-order chi connectivity index (χ1) is 26.5. The summed E-state index contributed by atoms with van der Waals surface area (Å²) in [6.45, 7) is 0. The van der Waals surface area contributed by atoms with Crippen molar-refractivity contribution in [3.05, 3.63) is 206 Å². The molecule has 0 aliphatic rings. The van der Waals surface area contributed by atoms with E-state index in [0.29, 0.717) is 5.56 Å². The van der Waals surface area contributed by atoms with E-state index in [2.05, 4.69) is 102 Å². The summed E-state index contributed by atoms with van der Waals surface area (Å²) in [6, 6.07) is 60.3. The second-order valence-corrected chi connectivity index (χ2v) is 12.2. The van der Waals surface area contributed by atoms with Crippen LogP contribution in [-0.4, -0.2) is 4.57 Å². The number of hydrogen-bond donors (Lipinski definition) is 0. The standard InChI is InChI=1S/C48H34N2/c1-4-16-35(17-5-1)37-30-32-40(33-31-37)49(41-23-14-20-38(34-41)36-18-6-2-7-19-36)45-27-12-10-24-42(45)43-26-15-29-47-48(43)44-25-11-13-28-46(44)50(47)39-21-8-3-9-22-39/h1-34H/i30D,31D,32D,33D. The summed E-state index contributed by atoms with van der Waals surface area (Å²) in [5.41, 5.74) is 9.66. The molecule has 50 heavy (non-hydrogen) atoms. The topological polar surface area (TPSA) is 8.17 Å². The molecule has 0 saturated carbocycles. The number of aromatic nitrogens is 1. The van der Waals surface area contributed by atoms with Gasteiger partial charge in [-0.3, -0.25) is 0 Å². The predicted octanol–water partition coefficient (Wildman–Crippen LogP) is 13.3. The average Bonchev–Trinajstić information content (AvgIpc) is 3.58. The predicted molar refractivity (Wildman–Crippen MR) is 212 cm³/mol. The maximum atomic E-state index is 9.55. The van der Waals surface area contributed by atoms with Crippen molar-refractivity contribution in [1.29, 1.82) is 0 Å². The number of fused-ring (bicyclic) bond motifs is 3. The van der Waals surface area contributed by atoms with Crippen LogP contribution in [-0.2, 0) is 0 Å². The molecular weight excluding hydrogens is 605 g/mol. The van der Waals surface area contributed by atoms with Crippen LogP contribution in [0.15, 0.2) is 206 Å². The Morgan fingerprint density at radius 1 is 0.400 bits per heavy atom. The monoisotopic (exact) mass is 642 g/mol. The van der Waals surface area contributed by atoms with Crippen LogP contribution in [0.5, 0.6) is 0 Å². The number of para-hydroxylation sites is 3. The number of nitrogens with zero attached hydrogens (tertiary/aromatic N) is 2. The van der Waals surface area contributed by atoms with E-state index in [9.17, 15) is 5.48 Å². The van der Waals surface area contributed by atoms with Gasteiger partial charge in [0.2, 0.25) is 0 Å². The van der Waals surface area contributed by atoms with Crippen molar-refractivity contribution >= 4 is 38.9 Å². The fraction of sp³-hybridized carbons (Fsp3) is 0. The molecule has 0 N–H and O–H groups in total. The summed E-state index contributed by atoms with van der Waals surface area (Å²) >= 11 is 0. The lowest BCUT2D eigenvalue weighted by Crippen LogP contribution is -2.11. The van der Waals surface area contributed by atoms with Gasteiger partial charge in [0.25, 0.3) is 0 Å². The summed E-state index contributed by atoms with van der Waals surface area (Å²) < 4.78 is 40.0. The van der Waals surface area contributed by atoms with Crippen LogP contribution in [0.1, 0.15) is 5.48 Å². The lowest BCUT2D eigenvalue weighted by atomic mass is 9.96. The van der Waals surface area contributed by atoms with Gasteiger partial charge in [-0.1, -0.05) is 152 Å². The number of rotatable bonds is 7. The highest BCUT2D eigenvalue weighted by Gasteiger charge is 2.21. The molecule has 0 atom stereocenters. The van der Waals surface area contributed by atoms with Crippen molar-refractivity contribution in [3.8, 4) is 39.1 Å². The largest absolute Gasteiger partial charge is 0.310 e. The van der Waals surface area contributed by atoms with Gasteiger partial charge in [0, 0.05) is 33.4 Å². The van der Waals surface area contributed by atoms with E-state index in [4.69, 9.17) is 0 Å². The fourth-order valence-electron chi connectivity index (χ4n) is 7.01. The molecule has 2 heteroatoms. The summed E-state index contributed by atoms with van der Waals surface area (Å²) in [6.07, 6.45) is 0. The smallest absolute Gasteiger partial charge is 0.0645 e. The van der Waals surface area contributed by atoms with E-state index in [1.807, 2.05) is 89.8 Å². The quantitative estimate of drug-likeness (QED) is 0.168. The molecule has 1 heterocycles. The summed E-state index contributed by atoms with van der Waals surface area (Å²) in [5.74, 6) is 0. The van der Waals surface area contributed by atoms with E-state index in [0.717, 1.165) is 61.1 Å². The molecule has 0 amide bonds. The Bertz CT molecular complexity index is 2790. The van der Waals surface area contributed by atoms with Gasteiger partial charge < -0.3 is 9.47 Å². The number of hydrogen-bond acceptors (Lipinski definition) is 1. The summed E-state index contributed by atoms with van der Waals surface area (Å²) in [7, 11) is 0. The van der Waals surface area contributed by atoms with Gasteiger partial charge >= 0.3 is 0 Å². The Hall–Kier alpha value is -6.64. The van der Waals surface area contributed by atoms with E-state index < -0.39 is 0 Å². The Labute approximate surface area is 298 Å². The molecule has 0 fully saturated rings. The maximum Gasteiger partial charge on any atom is 0.0645 e. The van der Waals surface area contributed by atoms with Crippen LogP contribution in [0.4, 0.5) is 17.1 Å². The number of benzene rings is 8. The molecular formula is C48H34N2. The highest BCUT2D eigenvalue weighted by Crippen LogP contribution is 2.46. The van der Waals surface area contributed by atoms with Gasteiger partial charge in [-0.2, -0.15) is 0 Å². The van der Waals surface area contributed by atoms with E-state index in [-0.39, 0.29) is 35.4 Å². The Balaban J connectivity index is 1.34. The molecule has 2 nitrogen and oxygen atoms in total. The van der Waals surface area contributed by atoms with Crippen LogP contribution in [0.3, 0.4) is 0 Å². The Morgan fingerprint density at radius 2 is 0.960 bits per heavy atom. The normalized spacial score (nSPS) is 12.3. The molecule has 0 spiro atoms. The molecule has 0 saturated heterocycles. The highest BCUT2D eigenvalue weighted by molar-refractivity contribution is 6.17. The minimum absolute atomic E-state index is 0.0908. The van der Waals surface area contributed by atoms with Crippen molar-refractivity contribution in [2.24, 2.45) is 0 Å². The SMILES string of the molecule is [2H]c1c([2H])c(N(c2cccc(-c3ccccc3)c2)c2ccccc2-c2cccc3c2c2ccccc2n3-c2ccccc2)c([2H])c([2H])c1-c1ccccc1. The van der Waals surface area contributed by atoms with Crippen LogP contribution in [0, 0.1) is 0 Å².